The van der Waals surface area contributed by atoms with Crippen molar-refractivity contribution in [3.63, 3.8) is 0 Å². The van der Waals surface area contributed by atoms with Crippen LogP contribution in [0.1, 0.15) is 40.0 Å². The number of aliphatic carboxylic acids is 1. The molecule has 19 heavy (non-hydrogen) atoms. The number of carboxylic acids is 1. The van der Waals surface area contributed by atoms with Gasteiger partial charge in [0.15, 0.2) is 0 Å². The summed E-state index contributed by atoms with van der Waals surface area (Å²) in [7, 11) is 1.58. The van der Waals surface area contributed by atoms with E-state index >= 15 is 0 Å². The number of hydrogen-bond donors (Lipinski definition) is 2. The molecule has 0 rings (SSSR count). The van der Waals surface area contributed by atoms with Gasteiger partial charge in [-0.15, -0.1) is 0 Å². The van der Waals surface area contributed by atoms with Crippen molar-refractivity contribution in [3.8, 4) is 0 Å². The zero-order chi connectivity index (χ0) is 14.8. The Balaban J connectivity index is 4.63. The van der Waals surface area contributed by atoms with E-state index in [1.807, 2.05) is 20.8 Å². The highest BCUT2D eigenvalue weighted by atomic mass is 16.5. The fourth-order valence-corrected chi connectivity index (χ4v) is 1.80. The molecule has 2 N–H and O–H groups in total. The molecule has 0 aliphatic heterocycles. The lowest BCUT2D eigenvalue weighted by Gasteiger charge is -2.29. The average molecular weight is 274 g/mol. The molecular formula is C13H26N2O4. The Morgan fingerprint density at radius 2 is 2.00 bits per heavy atom. The second kappa shape index (κ2) is 9.61. The monoisotopic (exact) mass is 274 g/mol. The molecule has 0 fully saturated rings. The SMILES string of the molecule is CCCC(COC)NC(=O)N(CC(=O)O)C(C)CC. The quantitative estimate of drug-likeness (QED) is 0.670. The van der Waals surface area contributed by atoms with Crippen LogP contribution in [0, 0.1) is 0 Å². The van der Waals surface area contributed by atoms with Gasteiger partial charge < -0.3 is 20.1 Å². The first-order chi connectivity index (χ1) is 8.96. The number of amides is 2. The third kappa shape index (κ3) is 7.00. The summed E-state index contributed by atoms with van der Waals surface area (Å²) in [5.74, 6) is -1.01. The fraction of sp³-hybridized carbons (Fsp3) is 0.846. The molecule has 6 nitrogen and oxygen atoms in total. The zero-order valence-corrected chi connectivity index (χ0v) is 12.3. The first-order valence-electron chi connectivity index (χ1n) is 6.74. The van der Waals surface area contributed by atoms with Gasteiger partial charge in [-0.05, 0) is 19.8 Å². The molecule has 0 aliphatic rings. The Morgan fingerprint density at radius 1 is 1.37 bits per heavy atom. The van der Waals surface area contributed by atoms with E-state index in [2.05, 4.69) is 5.32 Å². The normalized spacial score (nSPS) is 13.7. The van der Waals surface area contributed by atoms with Crippen LogP contribution in [0.4, 0.5) is 4.79 Å². The van der Waals surface area contributed by atoms with Crippen LogP contribution in [-0.4, -0.2) is 54.4 Å². The summed E-state index contributed by atoms with van der Waals surface area (Å²) < 4.78 is 5.06. The van der Waals surface area contributed by atoms with Crippen molar-refractivity contribution in [1.82, 2.24) is 10.2 Å². The molecule has 2 atom stereocenters. The van der Waals surface area contributed by atoms with Gasteiger partial charge in [-0.25, -0.2) is 4.79 Å². The van der Waals surface area contributed by atoms with E-state index in [9.17, 15) is 9.59 Å². The van der Waals surface area contributed by atoms with Crippen LogP contribution in [0.5, 0.6) is 0 Å². The molecule has 112 valence electrons. The Bertz CT molecular complexity index is 278. The minimum Gasteiger partial charge on any atom is -0.480 e. The second-order valence-electron chi connectivity index (χ2n) is 4.67. The van der Waals surface area contributed by atoms with Gasteiger partial charge in [-0.2, -0.15) is 0 Å². The lowest BCUT2D eigenvalue weighted by atomic mass is 10.2. The van der Waals surface area contributed by atoms with Gasteiger partial charge in [-0.1, -0.05) is 20.3 Å². The van der Waals surface area contributed by atoms with Crippen molar-refractivity contribution in [1.29, 1.82) is 0 Å². The van der Waals surface area contributed by atoms with Gasteiger partial charge in [-0.3, -0.25) is 4.79 Å². The Kier molecular flexibility index (Phi) is 8.95. The minimum absolute atomic E-state index is 0.0807. The minimum atomic E-state index is -1.01. The number of urea groups is 1. The van der Waals surface area contributed by atoms with Crippen molar-refractivity contribution >= 4 is 12.0 Å². The first-order valence-corrected chi connectivity index (χ1v) is 6.74. The third-order valence-corrected chi connectivity index (χ3v) is 3.02. The van der Waals surface area contributed by atoms with E-state index < -0.39 is 5.97 Å². The van der Waals surface area contributed by atoms with Gasteiger partial charge in [0.05, 0.1) is 12.6 Å². The van der Waals surface area contributed by atoms with Gasteiger partial charge in [0.2, 0.25) is 0 Å². The maximum absolute atomic E-state index is 12.1. The summed E-state index contributed by atoms with van der Waals surface area (Å²) in [6.45, 7) is 5.94. The molecule has 0 saturated carbocycles. The van der Waals surface area contributed by atoms with Crippen molar-refractivity contribution in [3.05, 3.63) is 0 Å². The standard InChI is InChI=1S/C13H26N2O4/c1-5-7-11(9-19-4)14-13(18)15(8-12(16)17)10(3)6-2/h10-11H,5-9H2,1-4H3,(H,14,18)(H,16,17). The van der Waals surface area contributed by atoms with E-state index in [1.54, 1.807) is 7.11 Å². The van der Waals surface area contributed by atoms with Crippen molar-refractivity contribution in [2.24, 2.45) is 0 Å². The summed E-state index contributed by atoms with van der Waals surface area (Å²) in [4.78, 5) is 24.3. The highest BCUT2D eigenvalue weighted by Gasteiger charge is 2.23. The van der Waals surface area contributed by atoms with Crippen molar-refractivity contribution in [2.75, 3.05) is 20.3 Å². The lowest BCUT2D eigenvalue weighted by Crippen LogP contribution is -2.51. The van der Waals surface area contributed by atoms with Crippen LogP contribution >= 0.6 is 0 Å². The van der Waals surface area contributed by atoms with Crippen LogP contribution < -0.4 is 5.32 Å². The average Bonchev–Trinajstić information content (AvgIpc) is 2.35. The van der Waals surface area contributed by atoms with Crippen LogP contribution in [0.2, 0.25) is 0 Å². The maximum atomic E-state index is 12.1. The summed E-state index contributed by atoms with van der Waals surface area (Å²) >= 11 is 0. The Morgan fingerprint density at radius 3 is 2.42 bits per heavy atom. The number of hydrogen-bond acceptors (Lipinski definition) is 3. The zero-order valence-electron chi connectivity index (χ0n) is 12.3. The predicted octanol–water partition coefficient (Wildman–Crippen LogP) is 1.70. The number of methoxy groups -OCH3 is 1. The lowest BCUT2D eigenvalue weighted by molar-refractivity contribution is -0.138. The predicted molar refractivity (Wildman–Crippen MR) is 73.2 cm³/mol. The molecular weight excluding hydrogens is 248 g/mol. The number of ether oxygens (including phenoxy) is 1. The molecule has 0 aromatic carbocycles. The summed E-state index contributed by atoms with van der Waals surface area (Å²) in [5, 5.41) is 11.7. The molecule has 0 heterocycles. The number of carbonyl (C=O) groups is 2. The topological polar surface area (TPSA) is 78.9 Å². The fourth-order valence-electron chi connectivity index (χ4n) is 1.80. The second-order valence-corrected chi connectivity index (χ2v) is 4.67. The van der Waals surface area contributed by atoms with E-state index in [1.165, 1.54) is 4.90 Å². The van der Waals surface area contributed by atoms with Crippen LogP contribution in [0.25, 0.3) is 0 Å². The maximum Gasteiger partial charge on any atom is 0.323 e. The number of carbonyl (C=O) groups excluding carboxylic acids is 1. The highest BCUT2D eigenvalue weighted by molar-refractivity contribution is 5.80. The number of carboxylic acid groups (broad SMARTS) is 1. The molecule has 0 saturated heterocycles. The molecule has 0 spiro atoms. The third-order valence-electron chi connectivity index (χ3n) is 3.02. The van der Waals surface area contributed by atoms with Gasteiger partial charge in [0.1, 0.15) is 6.54 Å². The van der Waals surface area contributed by atoms with E-state index in [-0.39, 0.29) is 24.7 Å². The molecule has 2 unspecified atom stereocenters. The van der Waals surface area contributed by atoms with Crippen LogP contribution in [0.3, 0.4) is 0 Å². The largest absolute Gasteiger partial charge is 0.480 e. The van der Waals surface area contributed by atoms with Gasteiger partial charge in [0.25, 0.3) is 0 Å². The summed E-state index contributed by atoms with van der Waals surface area (Å²) in [5.41, 5.74) is 0. The molecule has 2 amide bonds. The van der Waals surface area contributed by atoms with E-state index in [0.717, 1.165) is 12.8 Å². The van der Waals surface area contributed by atoms with Gasteiger partial charge >= 0.3 is 12.0 Å². The van der Waals surface area contributed by atoms with E-state index in [4.69, 9.17) is 9.84 Å². The Labute approximate surface area is 115 Å². The number of nitrogens with one attached hydrogen (secondary N) is 1. The number of rotatable bonds is 9. The smallest absolute Gasteiger partial charge is 0.323 e. The summed E-state index contributed by atoms with van der Waals surface area (Å²) in [6.07, 6.45) is 2.45. The summed E-state index contributed by atoms with van der Waals surface area (Å²) in [6, 6.07) is -0.531. The van der Waals surface area contributed by atoms with Crippen LogP contribution in [-0.2, 0) is 9.53 Å². The highest BCUT2D eigenvalue weighted by Crippen LogP contribution is 2.06. The molecule has 0 aromatic rings. The van der Waals surface area contributed by atoms with Crippen molar-refractivity contribution < 1.29 is 19.4 Å². The molecule has 0 bridgehead atoms. The molecule has 0 aliphatic carbocycles. The molecule has 0 radical (unpaired) electrons. The van der Waals surface area contributed by atoms with Crippen LogP contribution in [0.15, 0.2) is 0 Å². The van der Waals surface area contributed by atoms with Crippen molar-refractivity contribution in [2.45, 2.75) is 52.1 Å². The molecule has 0 aromatic heterocycles. The van der Waals surface area contributed by atoms with E-state index in [0.29, 0.717) is 13.0 Å². The first kappa shape index (κ1) is 17.7. The van der Waals surface area contributed by atoms with Gasteiger partial charge in [0, 0.05) is 13.2 Å². The number of nitrogens with zero attached hydrogens (tertiary/aromatic N) is 1. The Hall–Kier alpha value is -1.30. The molecule has 6 heteroatoms.